The fraction of sp³-hybridized carbons (Fsp3) is 0.667. The second-order valence-electron chi connectivity index (χ2n) is 3.19. The van der Waals surface area contributed by atoms with Crippen LogP contribution in [0.1, 0.15) is 13.8 Å². The lowest BCUT2D eigenvalue weighted by Crippen LogP contribution is -2.49. The van der Waals surface area contributed by atoms with Crippen molar-refractivity contribution in [2.45, 2.75) is 26.0 Å². The summed E-state index contributed by atoms with van der Waals surface area (Å²) >= 11 is 0. The molecule has 0 radical (unpaired) electrons. The fourth-order valence-corrected chi connectivity index (χ4v) is 1.33. The Labute approximate surface area is 73.0 Å². The molecule has 0 bridgehead atoms. The summed E-state index contributed by atoms with van der Waals surface area (Å²) in [6, 6.07) is 0.173. The minimum Gasteiger partial charge on any atom is -0.375 e. The highest BCUT2D eigenvalue weighted by Gasteiger charge is 2.25. The first-order valence-corrected chi connectivity index (χ1v) is 4.19. The van der Waals surface area contributed by atoms with Crippen LogP contribution in [0, 0.1) is 0 Å². The van der Waals surface area contributed by atoms with Crippen LogP contribution in [0.2, 0.25) is 0 Å². The van der Waals surface area contributed by atoms with E-state index in [4.69, 9.17) is 4.74 Å². The first-order chi connectivity index (χ1) is 5.65. The van der Waals surface area contributed by atoms with E-state index in [0.717, 1.165) is 0 Å². The Hall–Kier alpha value is -0.830. The second kappa shape index (κ2) is 3.72. The monoisotopic (exact) mass is 169 g/mol. The van der Waals surface area contributed by atoms with Crippen molar-refractivity contribution in [3.63, 3.8) is 0 Å². The quantitative estimate of drug-likeness (QED) is 0.544. The maximum atomic E-state index is 11.3. The highest BCUT2D eigenvalue weighted by atomic mass is 16.5. The zero-order valence-corrected chi connectivity index (χ0v) is 7.62. The molecule has 0 aromatic carbocycles. The van der Waals surface area contributed by atoms with Crippen LogP contribution in [0.15, 0.2) is 12.7 Å². The molecular weight excluding hydrogens is 154 g/mol. The predicted octanol–water partition coefficient (Wildman–Crippen LogP) is 0.808. The predicted molar refractivity (Wildman–Crippen MR) is 46.8 cm³/mol. The first-order valence-electron chi connectivity index (χ1n) is 4.19. The molecule has 1 rings (SSSR count). The highest BCUT2D eigenvalue weighted by Crippen LogP contribution is 2.11. The molecule has 3 nitrogen and oxygen atoms in total. The number of nitrogens with zero attached hydrogens (tertiary/aromatic N) is 1. The topological polar surface area (TPSA) is 29.5 Å². The Kier molecular flexibility index (Phi) is 2.87. The summed E-state index contributed by atoms with van der Waals surface area (Å²) in [4.78, 5) is 13.1. The summed E-state index contributed by atoms with van der Waals surface area (Å²) < 4.78 is 5.39. The van der Waals surface area contributed by atoms with Gasteiger partial charge in [-0.15, -0.1) is 0 Å². The number of carbonyl (C=O) groups excluding carboxylic acids is 1. The van der Waals surface area contributed by atoms with Crippen molar-refractivity contribution in [1.82, 2.24) is 4.90 Å². The molecule has 0 N–H and O–H groups in total. The molecule has 2 unspecified atom stereocenters. The summed E-state index contributed by atoms with van der Waals surface area (Å²) in [7, 11) is 0. The van der Waals surface area contributed by atoms with Gasteiger partial charge in [-0.3, -0.25) is 4.79 Å². The minimum absolute atomic E-state index is 0.00218. The standard InChI is InChI=1S/C9H15NO2/c1-4-9(11)10-5-8(3)12-6-7(10)2/h4,7-8H,1,5-6H2,2-3H3. The van der Waals surface area contributed by atoms with E-state index in [0.29, 0.717) is 13.2 Å². The molecule has 3 heteroatoms. The van der Waals surface area contributed by atoms with Gasteiger partial charge in [0.1, 0.15) is 0 Å². The summed E-state index contributed by atoms with van der Waals surface area (Å²) in [6.07, 6.45) is 1.50. The van der Waals surface area contributed by atoms with Gasteiger partial charge < -0.3 is 9.64 Å². The highest BCUT2D eigenvalue weighted by molar-refractivity contribution is 5.87. The third kappa shape index (κ3) is 1.85. The Bertz CT molecular complexity index is 191. The largest absolute Gasteiger partial charge is 0.375 e. The molecule has 1 aliphatic heterocycles. The third-order valence-electron chi connectivity index (χ3n) is 2.07. The van der Waals surface area contributed by atoms with Gasteiger partial charge in [-0.1, -0.05) is 6.58 Å². The van der Waals surface area contributed by atoms with E-state index < -0.39 is 0 Å². The molecule has 0 aromatic rings. The Morgan fingerprint density at radius 3 is 2.92 bits per heavy atom. The van der Waals surface area contributed by atoms with Crippen molar-refractivity contribution in [2.75, 3.05) is 13.2 Å². The van der Waals surface area contributed by atoms with Crippen LogP contribution in [-0.4, -0.2) is 36.1 Å². The molecule has 2 atom stereocenters. The smallest absolute Gasteiger partial charge is 0.246 e. The molecule has 0 aromatic heterocycles. The number of rotatable bonds is 1. The van der Waals surface area contributed by atoms with E-state index >= 15 is 0 Å². The van der Waals surface area contributed by atoms with Crippen molar-refractivity contribution in [2.24, 2.45) is 0 Å². The van der Waals surface area contributed by atoms with Crippen LogP contribution in [0.5, 0.6) is 0 Å². The molecule has 1 fully saturated rings. The van der Waals surface area contributed by atoms with Crippen LogP contribution in [0.3, 0.4) is 0 Å². The van der Waals surface area contributed by atoms with Gasteiger partial charge in [0, 0.05) is 6.54 Å². The third-order valence-corrected chi connectivity index (χ3v) is 2.07. The maximum absolute atomic E-state index is 11.3. The molecule has 1 saturated heterocycles. The number of hydrogen-bond donors (Lipinski definition) is 0. The summed E-state index contributed by atoms with van der Waals surface area (Å²) in [6.45, 7) is 8.71. The van der Waals surface area contributed by atoms with Gasteiger partial charge >= 0.3 is 0 Å². The maximum Gasteiger partial charge on any atom is 0.246 e. The van der Waals surface area contributed by atoms with E-state index in [1.807, 2.05) is 13.8 Å². The van der Waals surface area contributed by atoms with Gasteiger partial charge in [0.25, 0.3) is 0 Å². The van der Waals surface area contributed by atoms with Crippen LogP contribution in [0.4, 0.5) is 0 Å². The van der Waals surface area contributed by atoms with Crippen molar-refractivity contribution >= 4 is 5.91 Å². The summed E-state index contributed by atoms with van der Waals surface area (Å²) in [5, 5.41) is 0. The van der Waals surface area contributed by atoms with Crippen LogP contribution >= 0.6 is 0 Å². The molecule has 0 saturated carbocycles. The molecular formula is C9H15NO2. The lowest BCUT2D eigenvalue weighted by atomic mass is 10.2. The van der Waals surface area contributed by atoms with Crippen LogP contribution in [0.25, 0.3) is 0 Å². The molecule has 1 amide bonds. The number of carbonyl (C=O) groups is 1. The first kappa shape index (κ1) is 9.26. The fourth-order valence-electron chi connectivity index (χ4n) is 1.33. The van der Waals surface area contributed by atoms with Crippen molar-refractivity contribution in [3.05, 3.63) is 12.7 Å². The van der Waals surface area contributed by atoms with Gasteiger partial charge in [0.2, 0.25) is 5.91 Å². The van der Waals surface area contributed by atoms with Gasteiger partial charge in [-0.2, -0.15) is 0 Å². The summed E-state index contributed by atoms with van der Waals surface area (Å²) in [5.41, 5.74) is 0. The minimum atomic E-state index is -0.00218. The van der Waals surface area contributed by atoms with E-state index in [1.54, 1.807) is 4.90 Å². The normalized spacial score (nSPS) is 30.0. The van der Waals surface area contributed by atoms with Crippen molar-refractivity contribution in [1.29, 1.82) is 0 Å². The number of morpholine rings is 1. The molecule has 12 heavy (non-hydrogen) atoms. The Morgan fingerprint density at radius 2 is 2.33 bits per heavy atom. The number of amides is 1. The van der Waals surface area contributed by atoms with Crippen molar-refractivity contribution < 1.29 is 9.53 Å². The SMILES string of the molecule is C=CC(=O)N1CC(C)OCC1C. The average molecular weight is 169 g/mol. The summed E-state index contributed by atoms with van der Waals surface area (Å²) in [5.74, 6) is -0.00218. The van der Waals surface area contributed by atoms with E-state index in [-0.39, 0.29) is 18.1 Å². The lowest BCUT2D eigenvalue weighted by Gasteiger charge is -2.36. The lowest BCUT2D eigenvalue weighted by molar-refractivity contribution is -0.137. The molecule has 68 valence electrons. The van der Waals surface area contributed by atoms with Gasteiger partial charge in [0.15, 0.2) is 0 Å². The molecule has 1 heterocycles. The zero-order valence-electron chi connectivity index (χ0n) is 7.62. The van der Waals surface area contributed by atoms with Crippen LogP contribution in [-0.2, 0) is 9.53 Å². The van der Waals surface area contributed by atoms with Crippen molar-refractivity contribution in [3.8, 4) is 0 Å². The Morgan fingerprint density at radius 1 is 1.67 bits per heavy atom. The van der Waals surface area contributed by atoms with Gasteiger partial charge in [-0.25, -0.2) is 0 Å². The molecule has 0 aliphatic carbocycles. The number of ether oxygens (including phenoxy) is 1. The van der Waals surface area contributed by atoms with E-state index in [2.05, 4.69) is 6.58 Å². The van der Waals surface area contributed by atoms with Gasteiger partial charge in [0.05, 0.1) is 18.8 Å². The van der Waals surface area contributed by atoms with E-state index in [1.165, 1.54) is 6.08 Å². The molecule has 1 aliphatic rings. The van der Waals surface area contributed by atoms with Crippen LogP contribution < -0.4 is 0 Å². The molecule has 0 spiro atoms. The number of hydrogen-bond acceptors (Lipinski definition) is 2. The zero-order chi connectivity index (χ0) is 9.14. The van der Waals surface area contributed by atoms with Gasteiger partial charge in [-0.05, 0) is 19.9 Å². The van der Waals surface area contributed by atoms with E-state index in [9.17, 15) is 4.79 Å². The second-order valence-corrected chi connectivity index (χ2v) is 3.19. The Balaban J connectivity index is 2.60. The average Bonchev–Trinajstić information content (AvgIpc) is 2.08.